The standard InChI is InChI=1S/C13H13FN2O2S.C7H10N2/c1-8-12(19-3)13(17)16(7-15-8)11-5-4-9(18-2)6-10(11)14;1-9(2)7-3-5-8-6-4-7/h4-7H,1-3H3;3-6H,1-2H3. The van der Waals surface area contributed by atoms with E-state index in [2.05, 4.69) is 9.97 Å². The summed E-state index contributed by atoms with van der Waals surface area (Å²) in [5.41, 5.74) is 1.71. The molecule has 0 N–H and O–H groups in total. The topological polar surface area (TPSA) is 60.3 Å². The lowest BCUT2D eigenvalue weighted by Gasteiger charge is -2.10. The van der Waals surface area contributed by atoms with E-state index in [9.17, 15) is 9.18 Å². The van der Waals surface area contributed by atoms with Crippen LogP contribution in [0, 0.1) is 12.7 Å². The lowest BCUT2D eigenvalue weighted by atomic mass is 10.3. The third-order valence-corrected chi connectivity index (χ3v) is 4.78. The van der Waals surface area contributed by atoms with Gasteiger partial charge in [0, 0.05) is 38.2 Å². The van der Waals surface area contributed by atoms with Crippen molar-refractivity contribution in [1.29, 1.82) is 0 Å². The van der Waals surface area contributed by atoms with E-state index in [1.807, 2.05) is 31.1 Å². The largest absolute Gasteiger partial charge is 0.497 e. The van der Waals surface area contributed by atoms with Crippen LogP contribution in [0.5, 0.6) is 5.75 Å². The third-order valence-electron chi connectivity index (χ3n) is 3.91. The molecule has 0 aliphatic rings. The molecule has 0 saturated heterocycles. The molecule has 0 radical (unpaired) electrons. The highest BCUT2D eigenvalue weighted by molar-refractivity contribution is 7.98. The predicted octanol–water partition coefficient (Wildman–Crippen LogP) is 3.56. The first-order valence-electron chi connectivity index (χ1n) is 8.42. The molecular weight excluding hydrogens is 379 g/mol. The van der Waals surface area contributed by atoms with Crippen LogP contribution in [0.15, 0.2) is 58.7 Å². The van der Waals surface area contributed by atoms with Gasteiger partial charge in [-0.05, 0) is 37.4 Å². The van der Waals surface area contributed by atoms with Gasteiger partial charge in [-0.25, -0.2) is 9.37 Å². The highest BCUT2D eigenvalue weighted by atomic mass is 32.2. The molecule has 28 heavy (non-hydrogen) atoms. The second-order valence-electron chi connectivity index (χ2n) is 5.96. The monoisotopic (exact) mass is 402 g/mol. The van der Waals surface area contributed by atoms with Gasteiger partial charge in [0.2, 0.25) is 0 Å². The van der Waals surface area contributed by atoms with Crippen molar-refractivity contribution >= 4 is 17.4 Å². The van der Waals surface area contributed by atoms with Crippen molar-refractivity contribution in [3.63, 3.8) is 0 Å². The fourth-order valence-corrected chi connectivity index (χ4v) is 3.00. The van der Waals surface area contributed by atoms with Crippen LogP contribution in [0.2, 0.25) is 0 Å². The Hall–Kier alpha value is -2.87. The second-order valence-corrected chi connectivity index (χ2v) is 6.77. The number of pyridine rings is 1. The summed E-state index contributed by atoms with van der Waals surface area (Å²) in [7, 11) is 5.48. The number of hydrogen-bond donors (Lipinski definition) is 0. The van der Waals surface area contributed by atoms with Crippen molar-refractivity contribution < 1.29 is 9.13 Å². The Morgan fingerprint density at radius 3 is 2.36 bits per heavy atom. The number of ether oxygens (including phenoxy) is 1. The summed E-state index contributed by atoms with van der Waals surface area (Å²) in [6.07, 6.45) is 6.70. The number of thioether (sulfide) groups is 1. The Bertz CT molecular complexity index is 978. The number of aryl methyl sites for hydroxylation is 1. The molecule has 0 unspecified atom stereocenters. The van der Waals surface area contributed by atoms with E-state index >= 15 is 0 Å². The highest BCUT2D eigenvalue weighted by Crippen LogP contribution is 2.20. The van der Waals surface area contributed by atoms with E-state index in [1.165, 1.54) is 47.6 Å². The first kappa shape index (κ1) is 21.4. The average molecular weight is 402 g/mol. The van der Waals surface area contributed by atoms with E-state index in [0.717, 1.165) is 0 Å². The maximum atomic E-state index is 14.0. The van der Waals surface area contributed by atoms with Gasteiger partial charge < -0.3 is 9.64 Å². The summed E-state index contributed by atoms with van der Waals surface area (Å²) in [6, 6.07) is 8.28. The molecule has 0 aliphatic carbocycles. The summed E-state index contributed by atoms with van der Waals surface area (Å²) in [4.78, 5) is 22.8. The van der Waals surface area contributed by atoms with Gasteiger partial charge >= 0.3 is 0 Å². The molecule has 0 aliphatic heterocycles. The van der Waals surface area contributed by atoms with E-state index in [0.29, 0.717) is 16.3 Å². The molecule has 0 bridgehead atoms. The second kappa shape index (κ2) is 9.89. The van der Waals surface area contributed by atoms with Crippen LogP contribution in [0.1, 0.15) is 5.69 Å². The molecule has 2 aromatic heterocycles. The number of aromatic nitrogens is 3. The van der Waals surface area contributed by atoms with Crippen LogP contribution in [-0.4, -0.2) is 42.0 Å². The quantitative estimate of drug-likeness (QED) is 0.622. The SMILES string of the molecule is CN(C)c1ccncc1.COc1ccc(-n2cnc(C)c(SC)c2=O)c(F)c1. The Morgan fingerprint density at radius 1 is 1.18 bits per heavy atom. The smallest absolute Gasteiger partial charge is 0.271 e. The summed E-state index contributed by atoms with van der Waals surface area (Å²) < 4.78 is 20.1. The summed E-state index contributed by atoms with van der Waals surface area (Å²) in [6.45, 7) is 1.75. The van der Waals surface area contributed by atoms with Gasteiger partial charge in [0.25, 0.3) is 5.56 Å². The van der Waals surface area contributed by atoms with Gasteiger partial charge in [-0.1, -0.05) is 0 Å². The number of anilines is 1. The van der Waals surface area contributed by atoms with Crippen molar-refractivity contribution in [1.82, 2.24) is 14.5 Å². The first-order valence-corrected chi connectivity index (χ1v) is 9.65. The minimum atomic E-state index is -0.529. The molecule has 0 atom stereocenters. The molecule has 0 amide bonds. The summed E-state index contributed by atoms with van der Waals surface area (Å²) >= 11 is 1.30. The number of methoxy groups -OCH3 is 1. The Morgan fingerprint density at radius 2 is 1.86 bits per heavy atom. The molecule has 0 spiro atoms. The van der Waals surface area contributed by atoms with Crippen LogP contribution in [-0.2, 0) is 0 Å². The Kier molecular flexibility index (Phi) is 7.57. The molecule has 148 valence electrons. The zero-order valence-corrected chi connectivity index (χ0v) is 17.3. The van der Waals surface area contributed by atoms with Crippen LogP contribution < -0.4 is 15.2 Å². The normalized spacial score (nSPS) is 10.1. The van der Waals surface area contributed by atoms with E-state index in [1.54, 1.807) is 31.6 Å². The van der Waals surface area contributed by atoms with E-state index in [-0.39, 0.29) is 11.2 Å². The number of rotatable bonds is 4. The molecule has 0 saturated carbocycles. The van der Waals surface area contributed by atoms with E-state index in [4.69, 9.17) is 4.74 Å². The highest BCUT2D eigenvalue weighted by Gasteiger charge is 2.12. The van der Waals surface area contributed by atoms with Crippen LogP contribution >= 0.6 is 11.8 Å². The molecule has 1 aromatic carbocycles. The summed E-state index contributed by atoms with van der Waals surface area (Å²) in [5, 5.41) is 0. The third kappa shape index (κ3) is 5.10. The van der Waals surface area contributed by atoms with Crippen LogP contribution in [0.3, 0.4) is 0 Å². The predicted molar refractivity (Wildman–Crippen MR) is 111 cm³/mol. The van der Waals surface area contributed by atoms with Gasteiger partial charge in [0.15, 0.2) is 5.82 Å². The van der Waals surface area contributed by atoms with Gasteiger partial charge in [0.05, 0.1) is 23.4 Å². The van der Waals surface area contributed by atoms with Crippen molar-refractivity contribution in [2.45, 2.75) is 11.8 Å². The number of halogens is 1. The molecule has 3 aromatic rings. The number of benzene rings is 1. The first-order chi connectivity index (χ1) is 13.4. The minimum Gasteiger partial charge on any atom is -0.497 e. The zero-order chi connectivity index (χ0) is 20.7. The van der Waals surface area contributed by atoms with Crippen molar-refractivity contribution in [3.8, 4) is 11.4 Å². The van der Waals surface area contributed by atoms with Crippen molar-refractivity contribution in [2.75, 3.05) is 32.4 Å². The fourth-order valence-electron chi connectivity index (χ4n) is 2.38. The van der Waals surface area contributed by atoms with Gasteiger partial charge in [-0.3, -0.25) is 14.3 Å². The minimum absolute atomic E-state index is 0.161. The summed E-state index contributed by atoms with van der Waals surface area (Å²) in [5.74, 6) is -0.126. The fraction of sp³-hybridized carbons (Fsp3) is 0.250. The molecule has 8 heteroatoms. The molecule has 3 rings (SSSR count). The maximum absolute atomic E-state index is 14.0. The molecule has 6 nitrogen and oxygen atoms in total. The molecule has 0 fully saturated rings. The van der Waals surface area contributed by atoms with Crippen LogP contribution in [0.25, 0.3) is 5.69 Å². The number of nitrogens with zero attached hydrogens (tertiary/aromatic N) is 4. The lowest BCUT2D eigenvalue weighted by molar-refractivity contribution is 0.411. The van der Waals surface area contributed by atoms with Crippen LogP contribution in [0.4, 0.5) is 10.1 Å². The lowest BCUT2D eigenvalue weighted by Crippen LogP contribution is -2.22. The van der Waals surface area contributed by atoms with Crippen molar-refractivity contribution in [2.24, 2.45) is 0 Å². The molecular formula is C20H23FN4O2S. The number of hydrogen-bond acceptors (Lipinski definition) is 6. The Balaban J connectivity index is 0.000000261. The van der Waals surface area contributed by atoms with Gasteiger partial charge in [-0.2, -0.15) is 0 Å². The van der Waals surface area contributed by atoms with E-state index < -0.39 is 5.82 Å². The van der Waals surface area contributed by atoms with Gasteiger partial charge in [0.1, 0.15) is 12.1 Å². The Labute approximate surface area is 168 Å². The van der Waals surface area contributed by atoms with Gasteiger partial charge in [-0.15, -0.1) is 11.8 Å². The van der Waals surface area contributed by atoms with Crippen molar-refractivity contribution in [3.05, 3.63) is 70.9 Å². The molecule has 2 heterocycles. The maximum Gasteiger partial charge on any atom is 0.271 e. The zero-order valence-electron chi connectivity index (χ0n) is 16.5. The average Bonchev–Trinajstić information content (AvgIpc) is 2.70.